The molecule has 348 valence electrons. The average Bonchev–Trinajstić information content (AvgIpc) is 4.06. The van der Waals surface area contributed by atoms with Gasteiger partial charge in [0.25, 0.3) is 5.91 Å². The number of carbonyl (C=O) groups is 4. The van der Waals surface area contributed by atoms with Gasteiger partial charge in [0, 0.05) is 34.5 Å². The number of aliphatic imine (C=N–C) groups is 1. The number of benzene rings is 2. The molecule has 4 N–H and O–H groups in total. The van der Waals surface area contributed by atoms with Crippen molar-refractivity contribution < 1.29 is 34.1 Å². The van der Waals surface area contributed by atoms with E-state index in [1.54, 1.807) is 22.7 Å². The van der Waals surface area contributed by atoms with Gasteiger partial charge in [0.1, 0.15) is 29.0 Å². The van der Waals surface area contributed by atoms with Gasteiger partial charge in [-0.15, -0.1) is 32.9 Å². The number of amides is 3. The van der Waals surface area contributed by atoms with Crippen LogP contribution >= 0.6 is 22.7 Å². The van der Waals surface area contributed by atoms with Gasteiger partial charge in [-0.25, -0.2) is 15.0 Å². The lowest BCUT2D eigenvalue weighted by atomic mass is 9.85. The van der Waals surface area contributed by atoms with Crippen molar-refractivity contribution in [3.63, 3.8) is 0 Å². The van der Waals surface area contributed by atoms with Crippen molar-refractivity contribution in [1.29, 1.82) is 0 Å². The summed E-state index contributed by atoms with van der Waals surface area (Å²) in [4.78, 5) is 75.0. The zero-order valence-electron chi connectivity index (χ0n) is 38.4. The Bertz CT molecular complexity index is 2860. The van der Waals surface area contributed by atoms with Crippen molar-refractivity contribution in [3.05, 3.63) is 111 Å². The van der Waals surface area contributed by atoms with Crippen LogP contribution in [0, 0.1) is 33.1 Å². The molecule has 0 aliphatic carbocycles. The molecule has 67 heavy (non-hydrogen) atoms. The molecule has 2 unspecified atom stereocenters. The number of ether oxygens (including phenoxy) is 1. The first-order valence-electron chi connectivity index (χ1n) is 21.8. The van der Waals surface area contributed by atoms with Crippen molar-refractivity contribution in [2.75, 3.05) is 13.2 Å². The molecular weight excluding hydrogens is 893 g/mol. The minimum atomic E-state index is -1.05. The second-order valence-corrected chi connectivity index (χ2v) is 20.0. The molecule has 2 aliphatic rings. The number of hydrogen-bond donors (Lipinski definition) is 4. The molecule has 19 heteroatoms. The third-order valence-electron chi connectivity index (χ3n) is 12.1. The second-order valence-electron chi connectivity index (χ2n) is 18.0. The molecule has 0 bridgehead atoms. The van der Waals surface area contributed by atoms with E-state index in [4.69, 9.17) is 9.73 Å². The zero-order valence-corrected chi connectivity index (χ0v) is 40.0. The van der Waals surface area contributed by atoms with Gasteiger partial charge in [0.2, 0.25) is 17.7 Å². The summed E-state index contributed by atoms with van der Waals surface area (Å²) >= 11 is 3.15. The van der Waals surface area contributed by atoms with E-state index in [1.807, 2.05) is 114 Å². The summed E-state index contributed by atoms with van der Waals surface area (Å²) in [6.45, 7) is 14.7. The Morgan fingerprint density at radius 2 is 1.61 bits per heavy atom. The van der Waals surface area contributed by atoms with E-state index < -0.39 is 59.9 Å². The summed E-state index contributed by atoms with van der Waals surface area (Å²) in [6.07, 6.45) is 1.83. The first-order valence-corrected chi connectivity index (χ1v) is 23.5. The van der Waals surface area contributed by atoms with Crippen LogP contribution in [0.2, 0.25) is 0 Å². The molecule has 3 amide bonds. The van der Waals surface area contributed by atoms with Crippen LogP contribution < -0.4 is 15.4 Å². The number of aliphatic carboxylic acids is 1. The molecule has 2 aliphatic heterocycles. The van der Waals surface area contributed by atoms with E-state index in [1.165, 1.54) is 17.3 Å². The summed E-state index contributed by atoms with van der Waals surface area (Å²) in [6, 6.07) is 12.4. The molecule has 0 radical (unpaired) electrons. The standard InChI is InChI=1S/C48H52N10O7S2/c1-24-27(4)67-47-40(24)41(53-34(18-39(61)62)44-56-55-28(5)58(44)47)31-13-11-30(12-14-31)35-19-50-38(20-49-35)65-22-37(60)54-43(48(6,7)8)46(64)57-21-33(59)17-36(57)45(63)52-25(2)29-9-15-32(16-10-29)42-26(3)51-23-66-42/h9-16,19-20,23,25,33-34,36,43,59H,17-18,21-22H2,1-8H3,(H,52,63)(H,54,60)(H,61,62)/t25?,33-,34+,36+,43?/m1/s1. The quantitative estimate of drug-likeness (QED) is 0.101. The summed E-state index contributed by atoms with van der Waals surface area (Å²) < 4.78 is 7.62. The van der Waals surface area contributed by atoms with Crippen LogP contribution in [0.25, 0.3) is 26.7 Å². The number of carboxylic acid groups (broad SMARTS) is 1. The largest absolute Gasteiger partial charge is 0.481 e. The Hall–Kier alpha value is -6.70. The molecule has 2 aromatic carbocycles. The molecule has 0 spiro atoms. The van der Waals surface area contributed by atoms with Gasteiger partial charge in [0.05, 0.1) is 58.4 Å². The zero-order chi connectivity index (χ0) is 47.9. The van der Waals surface area contributed by atoms with Crippen molar-refractivity contribution in [2.45, 2.75) is 98.5 Å². The molecule has 1 saturated heterocycles. The number of thiophene rings is 1. The van der Waals surface area contributed by atoms with E-state index in [-0.39, 0.29) is 31.3 Å². The number of aromatic nitrogens is 6. The van der Waals surface area contributed by atoms with Crippen LogP contribution in [0.4, 0.5) is 0 Å². The number of thiazole rings is 1. The Kier molecular flexibility index (Phi) is 13.2. The maximum Gasteiger partial charge on any atom is 0.306 e. The molecule has 6 aromatic rings. The van der Waals surface area contributed by atoms with Gasteiger partial charge in [-0.3, -0.25) is 28.7 Å². The highest BCUT2D eigenvalue weighted by Gasteiger charge is 2.45. The van der Waals surface area contributed by atoms with Gasteiger partial charge in [0.15, 0.2) is 12.4 Å². The van der Waals surface area contributed by atoms with Crippen molar-refractivity contribution in [3.8, 4) is 32.6 Å². The Balaban J connectivity index is 0.902. The SMILES string of the molecule is Cc1ncsc1-c1ccc(C(C)NC(=O)[C@@H]2C[C@@H](O)CN2C(=O)C(NC(=O)COc2cnc(-c3ccc(C4=N[C@@H](CC(=O)O)c5nnc(C)n5-c5sc(C)c(C)c54)cc3)cn2)C(C)(C)C)cc1. The number of nitrogens with one attached hydrogen (secondary N) is 2. The number of rotatable bonds is 13. The first kappa shape index (κ1) is 46.8. The summed E-state index contributed by atoms with van der Waals surface area (Å²) in [7, 11) is 0. The van der Waals surface area contributed by atoms with E-state index in [0.717, 1.165) is 53.8 Å². The Morgan fingerprint density at radius 3 is 2.25 bits per heavy atom. The highest BCUT2D eigenvalue weighted by Crippen LogP contribution is 2.40. The number of carbonyl (C=O) groups excluding carboxylic acids is 3. The van der Waals surface area contributed by atoms with Gasteiger partial charge in [-0.2, -0.15) is 0 Å². The lowest BCUT2D eigenvalue weighted by Gasteiger charge is -2.35. The summed E-state index contributed by atoms with van der Waals surface area (Å²) in [5, 5.41) is 35.8. The number of carboxylic acids is 1. The molecule has 1 fully saturated rings. The number of fused-ring (bicyclic) bond motifs is 3. The van der Waals surface area contributed by atoms with Crippen LogP contribution in [0.5, 0.6) is 5.88 Å². The molecular formula is C48H52N10O7S2. The molecule has 6 heterocycles. The normalized spacial score (nSPS) is 17.7. The summed E-state index contributed by atoms with van der Waals surface area (Å²) in [5.74, 6) is -1.24. The van der Waals surface area contributed by atoms with E-state index in [9.17, 15) is 29.4 Å². The van der Waals surface area contributed by atoms with Gasteiger partial charge in [-0.1, -0.05) is 69.3 Å². The van der Waals surface area contributed by atoms with Crippen LogP contribution in [0.15, 0.2) is 71.4 Å². The molecule has 4 aromatic heterocycles. The predicted molar refractivity (Wildman–Crippen MR) is 253 cm³/mol. The lowest BCUT2D eigenvalue weighted by molar-refractivity contribution is -0.144. The number of hydrogen-bond acceptors (Lipinski definition) is 14. The minimum absolute atomic E-state index is 0.0565. The smallest absolute Gasteiger partial charge is 0.306 e. The number of aryl methyl sites for hydroxylation is 3. The summed E-state index contributed by atoms with van der Waals surface area (Å²) in [5.41, 5.74) is 8.60. The molecule has 5 atom stereocenters. The van der Waals surface area contributed by atoms with E-state index in [0.29, 0.717) is 23.1 Å². The predicted octanol–water partition coefficient (Wildman–Crippen LogP) is 6.26. The van der Waals surface area contributed by atoms with Crippen LogP contribution in [0.1, 0.15) is 97.1 Å². The van der Waals surface area contributed by atoms with E-state index >= 15 is 0 Å². The van der Waals surface area contributed by atoms with Gasteiger partial charge in [-0.05, 0) is 56.7 Å². The average molecular weight is 945 g/mol. The third kappa shape index (κ3) is 9.75. The molecule has 8 rings (SSSR count). The van der Waals surface area contributed by atoms with Crippen molar-refractivity contribution >= 4 is 52.1 Å². The highest BCUT2D eigenvalue weighted by atomic mass is 32.1. The van der Waals surface area contributed by atoms with E-state index in [2.05, 4.69) is 35.8 Å². The fourth-order valence-electron chi connectivity index (χ4n) is 8.39. The first-order chi connectivity index (χ1) is 31.9. The number of likely N-dealkylation sites (tertiary alicyclic amines) is 1. The Morgan fingerprint density at radius 1 is 0.910 bits per heavy atom. The second kappa shape index (κ2) is 18.9. The maximum atomic E-state index is 14.2. The van der Waals surface area contributed by atoms with Crippen LogP contribution in [0.3, 0.4) is 0 Å². The Labute approximate surface area is 395 Å². The molecule has 17 nitrogen and oxygen atoms in total. The van der Waals surface area contributed by atoms with Gasteiger partial charge >= 0.3 is 5.97 Å². The maximum absolute atomic E-state index is 14.2. The minimum Gasteiger partial charge on any atom is -0.481 e. The van der Waals surface area contributed by atoms with Crippen molar-refractivity contribution in [2.24, 2.45) is 10.4 Å². The topological polar surface area (TPSA) is 227 Å². The third-order valence-corrected chi connectivity index (χ3v) is 14.3. The van der Waals surface area contributed by atoms with Crippen LogP contribution in [-0.2, 0) is 19.2 Å². The number of aliphatic hydroxyl groups excluding tert-OH is 1. The highest BCUT2D eigenvalue weighted by molar-refractivity contribution is 7.15. The monoisotopic (exact) mass is 944 g/mol. The number of β-amino-alcohol motifs (C(OH)–C–C–N with tert-alkyl or cyclic N) is 1. The molecule has 0 saturated carbocycles. The lowest BCUT2D eigenvalue weighted by Crippen LogP contribution is -2.58. The number of nitrogens with zero attached hydrogens (tertiary/aromatic N) is 8. The fourth-order valence-corrected chi connectivity index (χ4v) is 10.4. The number of aliphatic hydroxyl groups is 1. The fraction of sp³-hybridized carbons (Fsp3) is 0.375. The van der Waals surface area contributed by atoms with Gasteiger partial charge < -0.3 is 30.5 Å². The van der Waals surface area contributed by atoms with Crippen LogP contribution in [-0.4, -0.2) is 106 Å². The van der Waals surface area contributed by atoms with Crippen molar-refractivity contribution in [1.82, 2.24) is 45.2 Å².